The molecule has 60 heavy (non-hydrogen) atoms. The molecule has 0 bridgehead atoms. The van der Waals surface area contributed by atoms with Gasteiger partial charge in [-0.2, -0.15) is 0 Å². The first-order chi connectivity index (χ1) is 29.5. The van der Waals surface area contributed by atoms with E-state index in [4.69, 9.17) is 0 Å². The van der Waals surface area contributed by atoms with Crippen LogP contribution in [0.15, 0.2) is 212 Å². The molecule has 0 amide bonds. The van der Waals surface area contributed by atoms with Crippen molar-refractivity contribution in [2.75, 3.05) is 4.90 Å². The van der Waals surface area contributed by atoms with E-state index in [1.54, 1.807) is 0 Å². The van der Waals surface area contributed by atoms with Crippen molar-refractivity contribution in [2.45, 2.75) is 24.7 Å². The summed E-state index contributed by atoms with van der Waals surface area (Å²) in [6, 6.07) is 79.2. The maximum absolute atomic E-state index is 2.50. The molecule has 2 aliphatic rings. The second-order valence-electron chi connectivity index (χ2n) is 16.8. The number of hydrogen-bond acceptors (Lipinski definition) is 2. The third-order valence-corrected chi connectivity index (χ3v) is 14.5. The van der Waals surface area contributed by atoms with Crippen LogP contribution < -0.4 is 4.90 Å². The summed E-state index contributed by atoms with van der Waals surface area (Å²) in [5.41, 5.74) is 18.5. The number of hydrogen-bond donors (Lipinski definition) is 0. The van der Waals surface area contributed by atoms with Crippen LogP contribution in [-0.2, 0) is 10.8 Å². The molecule has 0 N–H and O–H groups in total. The van der Waals surface area contributed by atoms with Crippen molar-refractivity contribution < 1.29 is 0 Å². The van der Waals surface area contributed by atoms with Crippen LogP contribution in [0.1, 0.15) is 47.2 Å². The Morgan fingerprint density at radius 3 is 1.70 bits per heavy atom. The first kappa shape index (κ1) is 35.0. The van der Waals surface area contributed by atoms with E-state index in [1.807, 2.05) is 11.3 Å². The van der Waals surface area contributed by atoms with Gasteiger partial charge in [-0.1, -0.05) is 178 Å². The van der Waals surface area contributed by atoms with E-state index in [2.05, 4.69) is 231 Å². The molecule has 1 aromatic heterocycles. The van der Waals surface area contributed by atoms with Crippen molar-refractivity contribution in [1.82, 2.24) is 0 Å². The number of thiophene rings is 1. The molecular formula is C58H41NS. The molecule has 0 aliphatic heterocycles. The molecule has 2 aliphatic carbocycles. The molecule has 9 aromatic carbocycles. The Kier molecular flexibility index (Phi) is 7.73. The van der Waals surface area contributed by atoms with Crippen LogP contribution in [0.2, 0.25) is 0 Å². The van der Waals surface area contributed by atoms with Gasteiger partial charge in [0.2, 0.25) is 0 Å². The Bertz CT molecular complexity index is 3270. The van der Waals surface area contributed by atoms with Gasteiger partial charge in [0.25, 0.3) is 0 Å². The van der Waals surface area contributed by atoms with Gasteiger partial charge in [0.1, 0.15) is 0 Å². The van der Waals surface area contributed by atoms with Crippen LogP contribution in [0, 0.1) is 0 Å². The summed E-state index contributed by atoms with van der Waals surface area (Å²) in [4.78, 5) is 2.46. The fourth-order valence-electron chi connectivity index (χ4n) is 10.7. The van der Waals surface area contributed by atoms with Crippen molar-refractivity contribution in [3.8, 4) is 33.4 Å². The summed E-state index contributed by atoms with van der Waals surface area (Å²) in [6.45, 7) is 4.83. The smallest absolute Gasteiger partial charge is 0.0719 e. The van der Waals surface area contributed by atoms with E-state index in [0.717, 1.165) is 17.1 Å². The van der Waals surface area contributed by atoms with Gasteiger partial charge in [0, 0.05) is 42.5 Å². The van der Waals surface area contributed by atoms with Crippen molar-refractivity contribution in [1.29, 1.82) is 0 Å². The van der Waals surface area contributed by atoms with Crippen LogP contribution >= 0.6 is 11.3 Å². The second-order valence-corrected chi connectivity index (χ2v) is 17.9. The topological polar surface area (TPSA) is 3.24 Å². The van der Waals surface area contributed by atoms with E-state index in [0.29, 0.717) is 0 Å². The number of para-hydroxylation sites is 1. The van der Waals surface area contributed by atoms with Gasteiger partial charge in [0.05, 0.1) is 11.1 Å². The maximum atomic E-state index is 2.50. The quantitative estimate of drug-likeness (QED) is 0.168. The lowest BCUT2D eigenvalue weighted by atomic mass is 9.55. The lowest BCUT2D eigenvalue weighted by molar-refractivity contribution is 0.563. The fourth-order valence-corrected chi connectivity index (χ4v) is 11.8. The third kappa shape index (κ3) is 4.98. The number of nitrogens with zero attached hydrogens (tertiary/aromatic N) is 1. The Morgan fingerprint density at radius 1 is 0.350 bits per heavy atom. The van der Waals surface area contributed by atoms with E-state index in [-0.39, 0.29) is 5.41 Å². The van der Waals surface area contributed by atoms with Gasteiger partial charge in [-0.15, -0.1) is 11.3 Å². The van der Waals surface area contributed by atoms with Gasteiger partial charge >= 0.3 is 0 Å². The lowest BCUT2D eigenvalue weighted by Crippen LogP contribution is -2.40. The number of fused-ring (bicyclic) bond motifs is 12. The second kappa shape index (κ2) is 13.3. The predicted octanol–water partition coefficient (Wildman–Crippen LogP) is 15.9. The highest BCUT2D eigenvalue weighted by Gasteiger charge is 2.53. The Hall–Kier alpha value is -7.00. The van der Waals surface area contributed by atoms with Crippen LogP contribution in [-0.4, -0.2) is 0 Å². The predicted molar refractivity (Wildman–Crippen MR) is 254 cm³/mol. The lowest BCUT2D eigenvalue weighted by Gasteiger charge is -2.46. The van der Waals surface area contributed by atoms with Gasteiger partial charge in [0.15, 0.2) is 0 Å². The van der Waals surface area contributed by atoms with Crippen LogP contribution in [0.4, 0.5) is 17.1 Å². The summed E-state index contributed by atoms with van der Waals surface area (Å²) < 4.78 is 2.61. The minimum absolute atomic E-state index is 0.226. The average Bonchev–Trinajstić information content (AvgIpc) is 3.83. The molecule has 12 rings (SSSR count). The number of benzene rings is 9. The van der Waals surface area contributed by atoms with Crippen molar-refractivity contribution in [3.63, 3.8) is 0 Å². The summed E-state index contributed by atoms with van der Waals surface area (Å²) >= 11 is 1.86. The molecule has 0 unspecified atom stereocenters. The molecule has 0 saturated heterocycles. The molecule has 0 radical (unpaired) electrons. The molecule has 0 fully saturated rings. The molecule has 0 saturated carbocycles. The van der Waals surface area contributed by atoms with E-state index in [1.165, 1.54) is 86.9 Å². The first-order valence-electron chi connectivity index (χ1n) is 20.9. The molecule has 284 valence electrons. The van der Waals surface area contributed by atoms with Crippen LogP contribution in [0.25, 0.3) is 53.6 Å². The van der Waals surface area contributed by atoms with Crippen LogP contribution in [0.5, 0.6) is 0 Å². The van der Waals surface area contributed by atoms with Crippen molar-refractivity contribution >= 4 is 48.6 Å². The highest BCUT2D eigenvalue weighted by molar-refractivity contribution is 7.25. The van der Waals surface area contributed by atoms with Gasteiger partial charge in [-0.3, -0.25) is 0 Å². The molecule has 0 atom stereocenters. The third-order valence-electron chi connectivity index (χ3n) is 13.3. The molecule has 2 heteroatoms. The molecule has 10 aromatic rings. The van der Waals surface area contributed by atoms with Gasteiger partial charge in [-0.05, 0) is 110 Å². The minimum atomic E-state index is -0.405. The highest BCUT2D eigenvalue weighted by Crippen LogP contribution is 2.62. The Morgan fingerprint density at radius 2 is 0.917 bits per heavy atom. The Labute approximate surface area is 355 Å². The molecule has 1 nitrogen and oxygen atoms in total. The van der Waals surface area contributed by atoms with Gasteiger partial charge in [-0.25, -0.2) is 0 Å². The standard InChI is InChI=1S/C58H41NS/c1-57(2)50-27-12-13-28-51(50)58(48-25-10-6-22-44(48)45-23-7-11-26-49(45)58)52-33-31-40(36-53(52)57)39-19-16-20-41(35-39)59(54-29-14-8-21-43(54)38-17-4-3-5-18-38)42-32-34-56-47(37-42)46-24-9-15-30-55(46)60-56/h3-37H,1-2H3. The number of rotatable bonds is 5. The SMILES string of the molecule is CC1(C)c2ccccc2C2(c3ccccc3-c3ccccc32)c2ccc(-c3cccc(N(c4ccc5sc6ccccc6c5c4)c4ccccc4-c4ccccc4)c3)cc21. The summed E-state index contributed by atoms with van der Waals surface area (Å²) in [5.74, 6) is 0. The first-order valence-corrected chi connectivity index (χ1v) is 21.7. The monoisotopic (exact) mass is 783 g/mol. The van der Waals surface area contributed by atoms with Crippen molar-refractivity contribution in [2.24, 2.45) is 0 Å². The molecular weight excluding hydrogens is 743 g/mol. The maximum Gasteiger partial charge on any atom is 0.0719 e. The zero-order valence-electron chi connectivity index (χ0n) is 33.6. The summed E-state index contributed by atoms with van der Waals surface area (Å²) in [5, 5.41) is 2.58. The fraction of sp³-hybridized carbons (Fsp3) is 0.0690. The zero-order chi connectivity index (χ0) is 40.0. The molecule has 1 heterocycles. The number of anilines is 3. The largest absolute Gasteiger partial charge is 0.310 e. The summed E-state index contributed by atoms with van der Waals surface area (Å²) in [7, 11) is 0. The van der Waals surface area contributed by atoms with E-state index < -0.39 is 5.41 Å². The summed E-state index contributed by atoms with van der Waals surface area (Å²) in [6.07, 6.45) is 0. The van der Waals surface area contributed by atoms with Crippen LogP contribution in [0.3, 0.4) is 0 Å². The normalized spacial score (nSPS) is 14.1. The minimum Gasteiger partial charge on any atom is -0.310 e. The Balaban J connectivity index is 1.06. The van der Waals surface area contributed by atoms with Crippen molar-refractivity contribution in [3.05, 3.63) is 246 Å². The molecule has 1 spiro atoms. The average molecular weight is 784 g/mol. The van der Waals surface area contributed by atoms with E-state index >= 15 is 0 Å². The van der Waals surface area contributed by atoms with E-state index in [9.17, 15) is 0 Å². The highest BCUT2D eigenvalue weighted by atomic mass is 32.1. The zero-order valence-corrected chi connectivity index (χ0v) is 34.4. The van der Waals surface area contributed by atoms with Gasteiger partial charge < -0.3 is 4.90 Å².